The molecule has 102 valence electrons. The highest BCUT2D eigenvalue weighted by atomic mass is 16.5. The third-order valence-corrected chi connectivity index (χ3v) is 3.51. The molecule has 4 aromatic rings. The molecule has 0 fully saturated rings. The summed E-state index contributed by atoms with van der Waals surface area (Å²) in [6, 6.07) is 17.8. The van der Waals surface area contributed by atoms with Gasteiger partial charge in [-0.15, -0.1) is 0 Å². The maximum atomic E-state index is 5.38. The lowest BCUT2D eigenvalue weighted by Gasteiger charge is -2.02. The molecule has 0 N–H and O–H groups in total. The Balaban J connectivity index is 2.00. The van der Waals surface area contributed by atoms with Crippen LogP contribution in [0.5, 0.6) is 5.75 Å². The predicted molar refractivity (Wildman–Crippen MR) is 81.3 cm³/mol. The number of methoxy groups -OCH3 is 1. The van der Waals surface area contributed by atoms with Gasteiger partial charge in [-0.05, 0) is 24.3 Å². The van der Waals surface area contributed by atoms with Crippen molar-refractivity contribution in [2.75, 3.05) is 7.11 Å². The third kappa shape index (κ3) is 1.92. The lowest BCUT2D eigenvalue weighted by molar-refractivity contribution is 0.415. The minimum atomic E-state index is 0.548. The van der Waals surface area contributed by atoms with Crippen molar-refractivity contribution in [3.8, 4) is 17.0 Å². The average molecular weight is 276 g/mol. The molecule has 2 aromatic heterocycles. The Morgan fingerprint density at radius 3 is 2.67 bits per heavy atom. The second-order valence-corrected chi connectivity index (χ2v) is 4.80. The fourth-order valence-electron chi connectivity index (χ4n) is 2.45. The van der Waals surface area contributed by atoms with E-state index in [2.05, 4.69) is 10.1 Å². The van der Waals surface area contributed by atoms with E-state index in [4.69, 9.17) is 9.26 Å². The van der Waals surface area contributed by atoms with Gasteiger partial charge in [0.15, 0.2) is 0 Å². The van der Waals surface area contributed by atoms with Crippen molar-refractivity contribution in [1.82, 2.24) is 10.1 Å². The molecule has 0 amide bonds. The molecule has 4 rings (SSSR count). The summed E-state index contributed by atoms with van der Waals surface area (Å²) in [6.45, 7) is 0. The number of ether oxygens (including phenoxy) is 1. The topological polar surface area (TPSA) is 48.2 Å². The number of nitrogens with zero attached hydrogens (tertiary/aromatic N) is 2. The summed E-state index contributed by atoms with van der Waals surface area (Å²) < 4.78 is 10.6. The minimum absolute atomic E-state index is 0.548. The molecule has 2 heterocycles. The van der Waals surface area contributed by atoms with Gasteiger partial charge in [0.1, 0.15) is 11.4 Å². The predicted octanol–water partition coefficient (Wildman–Crippen LogP) is 4.05. The summed E-state index contributed by atoms with van der Waals surface area (Å²) in [6.07, 6.45) is 0. The van der Waals surface area contributed by atoms with Gasteiger partial charge in [0.05, 0.1) is 18.0 Å². The zero-order valence-electron chi connectivity index (χ0n) is 11.4. The molecule has 0 aliphatic rings. The van der Waals surface area contributed by atoms with Crippen molar-refractivity contribution >= 4 is 22.0 Å². The van der Waals surface area contributed by atoms with Gasteiger partial charge in [-0.3, -0.25) is 0 Å². The van der Waals surface area contributed by atoms with Crippen LogP contribution in [0.2, 0.25) is 0 Å². The van der Waals surface area contributed by atoms with E-state index < -0.39 is 0 Å². The molecule has 2 aromatic carbocycles. The highest BCUT2D eigenvalue weighted by Gasteiger charge is 2.12. The summed E-state index contributed by atoms with van der Waals surface area (Å²) in [5.41, 5.74) is 3.23. The number of fused-ring (bicyclic) bond motifs is 2. The van der Waals surface area contributed by atoms with Gasteiger partial charge in [0.25, 0.3) is 5.71 Å². The van der Waals surface area contributed by atoms with Crippen LogP contribution in [0.4, 0.5) is 0 Å². The smallest absolute Gasteiger partial charge is 0.258 e. The van der Waals surface area contributed by atoms with E-state index in [1.54, 1.807) is 7.11 Å². The fraction of sp³-hybridized carbons (Fsp3) is 0.0588. The van der Waals surface area contributed by atoms with Crippen LogP contribution >= 0.6 is 0 Å². The molecule has 0 aliphatic carbocycles. The van der Waals surface area contributed by atoms with Gasteiger partial charge < -0.3 is 9.26 Å². The van der Waals surface area contributed by atoms with Crippen LogP contribution in [-0.4, -0.2) is 17.3 Å². The number of rotatable bonds is 2. The lowest BCUT2D eigenvalue weighted by Crippen LogP contribution is -1.85. The maximum Gasteiger partial charge on any atom is 0.258 e. The summed E-state index contributed by atoms with van der Waals surface area (Å²) in [5.74, 6) is 0.807. The first-order valence-electron chi connectivity index (χ1n) is 6.65. The van der Waals surface area contributed by atoms with Crippen LogP contribution in [0.3, 0.4) is 0 Å². The Morgan fingerprint density at radius 2 is 1.86 bits per heavy atom. The third-order valence-electron chi connectivity index (χ3n) is 3.51. The normalized spacial score (nSPS) is 11.1. The molecule has 0 aliphatic heterocycles. The van der Waals surface area contributed by atoms with E-state index in [1.165, 1.54) is 0 Å². The zero-order valence-corrected chi connectivity index (χ0v) is 11.4. The van der Waals surface area contributed by atoms with Crippen molar-refractivity contribution in [2.45, 2.75) is 0 Å². The lowest BCUT2D eigenvalue weighted by atomic mass is 10.1. The number of hydrogen-bond acceptors (Lipinski definition) is 4. The van der Waals surface area contributed by atoms with Gasteiger partial charge in [0.2, 0.25) is 0 Å². The van der Waals surface area contributed by atoms with Crippen LogP contribution in [0.1, 0.15) is 0 Å². The standard InChI is InChI=1S/C17H12N2O2/c1-20-13-7-8-15-12(9-13)10-14-16(19-21-17(14)18-15)11-5-3-2-4-6-11/h2-10H,1H3. The number of aromatic nitrogens is 2. The molecule has 0 radical (unpaired) electrons. The van der Waals surface area contributed by atoms with Crippen molar-refractivity contribution < 1.29 is 9.26 Å². The van der Waals surface area contributed by atoms with Gasteiger partial charge in [0, 0.05) is 10.9 Å². The van der Waals surface area contributed by atoms with E-state index in [1.807, 2.05) is 54.6 Å². The van der Waals surface area contributed by atoms with E-state index >= 15 is 0 Å². The molecule has 0 atom stereocenters. The van der Waals surface area contributed by atoms with Gasteiger partial charge in [-0.2, -0.15) is 0 Å². The fourth-order valence-corrected chi connectivity index (χ4v) is 2.45. The quantitative estimate of drug-likeness (QED) is 0.554. The van der Waals surface area contributed by atoms with Crippen LogP contribution < -0.4 is 4.74 Å². The molecule has 0 saturated heterocycles. The van der Waals surface area contributed by atoms with E-state index in [0.29, 0.717) is 5.71 Å². The molecular weight excluding hydrogens is 264 g/mol. The van der Waals surface area contributed by atoms with E-state index in [9.17, 15) is 0 Å². The molecule has 4 nitrogen and oxygen atoms in total. The van der Waals surface area contributed by atoms with Crippen LogP contribution in [0.25, 0.3) is 33.3 Å². The van der Waals surface area contributed by atoms with Gasteiger partial charge in [-0.25, -0.2) is 4.98 Å². The Kier molecular flexibility index (Phi) is 2.60. The maximum absolute atomic E-state index is 5.38. The summed E-state index contributed by atoms with van der Waals surface area (Å²) in [4.78, 5) is 4.51. The number of benzene rings is 2. The van der Waals surface area contributed by atoms with Crippen molar-refractivity contribution in [3.63, 3.8) is 0 Å². The largest absolute Gasteiger partial charge is 0.497 e. The Morgan fingerprint density at radius 1 is 1.00 bits per heavy atom. The Hall–Kier alpha value is -2.88. The molecule has 21 heavy (non-hydrogen) atoms. The molecule has 0 saturated carbocycles. The SMILES string of the molecule is COc1ccc2nc3onc(-c4ccccc4)c3cc2c1. The Bertz CT molecular complexity index is 929. The van der Waals surface area contributed by atoms with Crippen molar-refractivity contribution in [2.24, 2.45) is 0 Å². The molecule has 0 unspecified atom stereocenters. The molecule has 4 heteroatoms. The molecule has 0 bridgehead atoms. The molecule has 0 spiro atoms. The van der Waals surface area contributed by atoms with Crippen molar-refractivity contribution in [3.05, 3.63) is 54.6 Å². The minimum Gasteiger partial charge on any atom is -0.497 e. The van der Waals surface area contributed by atoms with Crippen LogP contribution in [0, 0.1) is 0 Å². The first-order valence-corrected chi connectivity index (χ1v) is 6.65. The zero-order chi connectivity index (χ0) is 14.2. The highest BCUT2D eigenvalue weighted by Crippen LogP contribution is 2.30. The second kappa shape index (κ2) is 4.59. The molecular formula is C17H12N2O2. The van der Waals surface area contributed by atoms with Crippen LogP contribution in [0.15, 0.2) is 59.1 Å². The number of hydrogen-bond donors (Lipinski definition) is 0. The highest BCUT2D eigenvalue weighted by molar-refractivity contribution is 5.97. The second-order valence-electron chi connectivity index (χ2n) is 4.80. The van der Waals surface area contributed by atoms with E-state index in [-0.39, 0.29) is 0 Å². The average Bonchev–Trinajstić information content (AvgIpc) is 2.95. The Labute approximate surface area is 121 Å². The monoisotopic (exact) mass is 276 g/mol. The summed E-state index contributed by atoms with van der Waals surface area (Å²) >= 11 is 0. The van der Waals surface area contributed by atoms with Gasteiger partial charge in [-0.1, -0.05) is 35.5 Å². The first kappa shape index (κ1) is 11.9. The summed E-state index contributed by atoms with van der Waals surface area (Å²) in [7, 11) is 1.65. The van der Waals surface area contributed by atoms with Crippen LogP contribution in [-0.2, 0) is 0 Å². The number of pyridine rings is 1. The van der Waals surface area contributed by atoms with Gasteiger partial charge >= 0.3 is 0 Å². The van der Waals surface area contributed by atoms with Crippen molar-refractivity contribution in [1.29, 1.82) is 0 Å². The summed E-state index contributed by atoms with van der Waals surface area (Å²) in [5, 5.41) is 6.07. The first-order chi connectivity index (χ1) is 10.3. The van der Waals surface area contributed by atoms with E-state index in [0.717, 1.165) is 33.3 Å².